The molecule has 0 aliphatic carbocycles. The first-order chi connectivity index (χ1) is 14.1. The van der Waals surface area contributed by atoms with Gasteiger partial charge in [0.1, 0.15) is 11.5 Å². The first kappa shape index (κ1) is 22.3. The van der Waals surface area contributed by atoms with Gasteiger partial charge in [0.05, 0.1) is 6.61 Å². The monoisotopic (exact) mass is 398 g/mol. The van der Waals surface area contributed by atoms with Crippen LogP contribution in [0.4, 0.5) is 0 Å². The number of hydrogen-bond acceptors (Lipinski definition) is 4. The van der Waals surface area contributed by atoms with Gasteiger partial charge in [-0.05, 0) is 49.2 Å². The minimum absolute atomic E-state index is 0.401. The summed E-state index contributed by atoms with van der Waals surface area (Å²) in [7, 11) is 0. The molecule has 29 heavy (non-hydrogen) atoms. The van der Waals surface area contributed by atoms with Crippen LogP contribution in [0.15, 0.2) is 54.6 Å². The van der Waals surface area contributed by atoms with Gasteiger partial charge in [-0.3, -0.25) is 20.4 Å². The molecule has 6 heteroatoms. The number of rotatable bonds is 11. The summed E-state index contributed by atoms with van der Waals surface area (Å²) in [6.45, 7) is 4.68. The topological polar surface area (TPSA) is 76.7 Å². The fraction of sp³-hybridized carbons (Fsp3) is 0.391. The van der Waals surface area contributed by atoms with E-state index in [1.54, 1.807) is 36.4 Å². The van der Waals surface area contributed by atoms with Crippen LogP contribution in [-0.2, 0) is 4.79 Å². The average Bonchev–Trinajstić information content (AvgIpc) is 2.76. The zero-order valence-corrected chi connectivity index (χ0v) is 17.1. The Bertz CT molecular complexity index is 747. The summed E-state index contributed by atoms with van der Waals surface area (Å²) >= 11 is 0. The van der Waals surface area contributed by atoms with Crippen molar-refractivity contribution in [1.29, 1.82) is 0 Å². The quantitative estimate of drug-likeness (QED) is 0.438. The van der Waals surface area contributed by atoms with E-state index in [4.69, 9.17) is 9.47 Å². The molecule has 0 spiro atoms. The van der Waals surface area contributed by atoms with Gasteiger partial charge in [-0.25, -0.2) is 0 Å². The van der Waals surface area contributed by atoms with Crippen molar-refractivity contribution in [3.8, 4) is 11.5 Å². The van der Waals surface area contributed by atoms with E-state index in [9.17, 15) is 9.59 Å². The summed E-state index contributed by atoms with van der Waals surface area (Å²) in [5.41, 5.74) is 5.28. The van der Waals surface area contributed by atoms with E-state index >= 15 is 0 Å². The number of hydrogen-bond donors (Lipinski definition) is 2. The molecule has 2 aromatic carbocycles. The number of nitrogens with one attached hydrogen (secondary N) is 2. The van der Waals surface area contributed by atoms with E-state index in [1.807, 2.05) is 25.1 Å². The van der Waals surface area contributed by atoms with Crippen molar-refractivity contribution in [3.63, 3.8) is 0 Å². The average molecular weight is 399 g/mol. The van der Waals surface area contributed by atoms with Gasteiger partial charge in [-0.2, -0.15) is 0 Å². The Kier molecular flexibility index (Phi) is 9.55. The van der Waals surface area contributed by atoms with Crippen LogP contribution in [0.5, 0.6) is 11.5 Å². The Morgan fingerprint density at radius 3 is 2.24 bits per heavy atom. The largest absolute Gasteiger partial charge is 0.494 e. The van der Waals surface area contributed by atoms with E-state index in [0.717, 1.165) is 18.6 Å². The standard InChI is InChI=1S/C23H30N2O4/c1-3-5-6-10-17-28-19-15-13-18(14-16-19)22(26)24-25-23(27)21(4-2)29-20-11-8-7-9-12-20/h7-9,11-16,21H,3-6,10,17H2,1-2H3,(H,24,26)(H,25,27). The van der Waals surface area contributed by atoms with E-state index < -0.39 is 17.9 Å². The van der Waals surface area contributed by atoms with Crippen molar-refractivity contribution in [2.75, 3.05) is 6.61 Å². The highest BCUT2D eigenvalue weighted by Crippen LogP contribution is 2.14. The fourth-order valence-electron chi connectivity index (χ4n) is 2.68. The van der Waals surface area contributed by atoms with Gasteiger partial charge in [-0.15, -0.1) is 0 Å². The molecular weight excluding hydrogens is 368 g/mol. The second-order valence-electron chi connectivity index (χ2n) is 6.70. The second-order valence-corrected chi connectivity index (χ2v) is 6.70. The Hall–Kier alpha value is -3.02. The van der Waals surface area contributed by atoms with E-state index in [0.29, 0.717) is 24.3 Å². The van der Waals surface area contributed by atoms with Crippen LogP contribution in [0.2, 0.25) is 0 Å². The maximum absolute atomic E-state index is 12.3. The SMILES string of the molecule is CCCCCCOc1ccc(C(=O)NNC(=O)C(CC)Oc2ccccc2)cc1. The summed E-state index contributed by atoms with van der Waals surface area (Å²) < 4.78 is 11.3. The molecule has 0 aromatic heterocycles. The molecule has 0 bridgehead atoms. The maximum atomic E-state index is 12.3. The minimum atomic E-state index is -0.693. The molecule has 0 fully saturated rings. The molecule has 0 saturated heterocycles. The van der Waals surface area contributed by atoms with Crippen molar-refractivity contribution in [2.45, 2.75) is 52.1 Å². The number of benzene rings is 2. The maximum Gasteiger partial charge on any atom is 0.279 e. The van der Waals surface area contributed by atoms with Crippen LogP contribution in [-0.4, -0.2) is 24.5 Å². The Morgan fingerprint density at radius 1 is 0.862 bits per heavy atom. The molecule has 2 amide bonds. The normalized spacial score (nSPS) is 11.4. The summed E-state index contributed by atoms with van der Waals surface area (Å²) in [4.78, 5) is 24.5. The molecule has 1 unspecified atom stereocenters. The number of para-hydroxylation sites is 1. The summed E-state index contributed by atoms with van der Waals surface area (Å²) in [5, 5.41) is 0. The van der Waals surface area contributed by atoms with Gasteiger partial charge < -0.3 is 9.47 Å². The van der Waals surface area contributed by atoms with Crippen LogP contribution in [0.1, 0.15) is 56.3 Å². The van der Waals surface area contributed by atoms with Crippen molar-refractivity contribution >= 4 is 11.8 Å². The molecule has 0 radical (unpaired) electrons. The predicted octanol–water partition coefficient (Wildman–Crippen LogP) is 4.26. The molecule has 2 aromatic rings. The number of carbonyl (C=O) groups is 2. The highest BCUT2D eigenvalue weighted by molar-refractivity contribution is 5.95. The highest BCUT2D eigenvalue weighted by atomic mass is 16.5. The predicted molar refractivity (Wildman–Crippen MR) is 113 cm³/mol. The van der Waals surface area contributed by atoms with Crippen LogP contribution < -0.4 is 20.3 Å². The summed E-state index contributed by atoms with van der Waals surface area (Å²) in [6.07, 6.45) is 4.36. The number of unbranched alkanes of at least 4 members (excludes halogenated alkanes) is 3. The molecule has 2 N–H and O–H groups in total. The van der Waals surface area contributed by atoms with Crippen molar-refractivity contribution < 1.29 is 19.1 Å². The highest BCUT2D eigenvalue weighted by Gasteiger charge is 2.19. The van der Waals surface area contributed by atoms with Gasteiger partial charge in [0.2, 0.25) is 0 Å². The van der Waals surface area contributed by atoms with Gasteiger partial charge in [0.15, 0.2) is 6.10 Å². The fourth-order valence-corrected chi connectivity index (χ4v) is 2.68. The molecule has 156 valence electrons. The first-order valence-electron chi connectivity index (χ1n) is 10.2. The smallest absolute Gasteiger partial charge is 0.279 e. The third-order valence-corrected chi connectivity index (χ3v) is 4.37. The van der Waals surface area contributed by atoms with E-state index in [1.165, 1.54) is 12.8 Å². The van der Waals surface area contributed by atoms with Crippen molar-refractivity contribution in [1.82, 2.24) is 10.9 Å². The Morgan fingerprint density at radius 2 is 1.59 bits per heavy atom. The van der Waals surface area contributed by atoms with E-state index in [-0.39, 0.29) is 0 Å². The van der Waals surface area contributed by atoms with Gasteiger partial charge in [0, 0.05) is 5.56 Å². The van der Waals surface area contributed by atoms with Crippen LogP contribution in [0, 0.1) is 0 Å². The van der Waals surface area contributed by atoms with Gasteiger partial charge in [0.25, 0.3) is 11.8 Å². The lowest BCUT2D eigenvalue weighted by molar-refractivity contribution is -0.128. The Balaban J connectivity index is 1.77. The summed E-state index contributed by atoms with van der Waals surface area (Å²) in [6, 6.07) is 15.9. The number of carbonyl (C=O) groups excluding carboxylic acids is 2. The molecular formula is C23H30N2O4. The van der Waals surface area contributed by atoms with Crippen LogP contribution in [0.25, 0.3) is 0 Å². The number of ether oxygens (including phenoxy) is 2. The van der Waals surface area contributed by atoms with Gasteiger partial charge >= 0.3 is 0 Å². The second kappa shape index (κ2) is 12.4. The first-order valence-corrected chi connectivity index (χ1v) is 10.2. The zero-order chi connectivity index (χ0) is 20.9. The molecule has 0 saturated carbocycles. The molecule has 6 nitrogen and oxygen atoms in total. The summed E-state index contributed by atoms with van der Waals surface area (Å²) in [5.74, 6) is 0.523. The third-order valence-electron chi connectivity index (χ3n) is 4.37. The molecule has 0 heterocycles. The molecule has 2 rings (SSSR count). The molecule has 0 aliphatic heterocycles. The zero-order valence-electron chi connectivity index (χ0n) is 17.1. The van der Waals surface area contributed by atoms with Crippen LogP contribution >= 0.6 is 0 Å². The number of amides is 2. The Labute approximate surface area is 172 Å². The van der Waals surface area contributed by atoms with Crippen molar-refractivity contribution in [2.24, 2.45) is 0 Å². The lowest BCUT2D eigenvalue weighted by Gasteiger charge is -2.17. The van der Waals surface area contributed by atoms with E-state index in [2.05, 4.69) is 17.8 Å². The van der Waals surface area contributed by atoms with Crippen LogP contribution in [0.3, 0.4) is 0 Å². The van der Waals surface area contributed by atoms with Gasteiger partial charge in [-0.1, -0.05) is 51.3 Å². The molecule has 0 aliphatic rings. The lowest BCUT2D eigenvalue weighted by Crippen LogP contribution is -2.47. The van der Waals surface area contributed by atoms with Crippen molar-refractivity contribution in [3.05, 3.63) is 60.2 Å². The lowest BCUT2D eigenvalue weighted by atomic mass is 10.2. The molecule has 1 atom stereocenters. The number of hydrazine groups is 1. The third kappa shape index (κ3) is 7.86. The minimum Gasteiger partial charge on any atom is -0.494 e.